The number of likely N-dealkylation sites (N-methyl/N-ethyl adjacent to an activating group) is 1. The highest BCUT2D eigenvalue weighted by Gasteiger charge is 2.26. The van der Waals surface area contributed by atoms with Gasteiger partial charge in [-0.15, -0.1) is 0 Å². The Morgan fingerprint density at radius 3 is 2.74 bits per heavy atom. The van der Waals surface area contributed by atoms with E-state index in [0.717, 1.165) is 13.0 Å². The van der Waals surface area contributed by atoms with Crippen LogP contribution in [-0.2, 0) is 4.79 Å². The molecule has 2 N–H and O–H groups in total. The molecule has 0 aromatic carbocycles. The zero-order valence-corrected chi connectivity index (χ0v) is 12.1. The number of urea groups is 1. The van der Waals surface area contributed by atoms with Gasteiger partial charge in [0.1, 0.15) is 0 Å². The number of carbonyl (C=O) groups is 2. The number of amides is 2. The lowest BCUT2D eigenvalue weighted by Crippen LogP contribution is -2.44. The smallest absolute Gasteiger partial charge is 0.317 e. The van der Waals surface area contributed by atoms with Crippen molar-refractivity contribution in [1.82, 2.24) is 15.1 Å². The molecule has 0 bridgehead atoms. The van der Waals surface area contributed by atoms with E-state index in [1.54, 1.807) is 4.90 Å². The van der Waals surface area contributed by atoms with Crippen molar-refractivity contribution >= 4 is 12.0 Å². The largest absolute Gasteiger partial charge is 0.481 e. The van der Waals surface area contributed by atoms with Gasteiger partial charge in [0, 0.05) is 32.1 Å². The van der Waals surface area contributed by atoms with Crippen LogP contribution in [0.1, 0.15) is 26.2 Å². The maximum atomic E-state index is 11.9. The van der Waals surface area contributed by atoms with Crippen molar-refractivity contribution in [2.24, 2.45) is 5.92 Å². The van der Waals surface area contributed by atoms with Crippen LogP contribution in [0.4, 0.5) is 4.79 Å². The molecular formula is C13H25N3O3. The Labute approximate surface area is 114 Å². The maximum Gasteiger partial charge on any atom is 0.317 e. The molecule has 1 heterocycles. The minimum Gasteiger partial charge on any atom is -0.481 e. The van der Waals surface area contributed by atoms with E-state index < -0.39 is 5.97 Å². The summed E-state index contributed by atoms with van der Waals surface area (Å²) < 4.78 is 0. The Morgan fingerprint density at radius 1 is 1.47 bits per heavy atom. The van der Waals surface area contributed by atoms with Crippen LogP contribution >= 0.6 is 0 Å². The number of nitrogens with zero attached hydrogens (tertiary/aromatic N) is 2. The van der Waals surface area contributed by atoms with Crippen LogP contribution in [0.15, 0.2) is 0 Å². The highest BCUT2D eigenvalue weighted by molar-refractivity contribution is 5.74. The SMILES string of the molecule is CC(CNC(=O)N1CCC(CCC(=O)O)C1)N(C)C. The highest BCUT2D eigenvalue weighted by Crippen LogP contribution is 2.20. The second-order valence-electron chi connectivity index (χ2n) is 5.53. The molecule has 2 atom stereocenters. The fourth-order valence-electron chi connectivity index (χ4n) is 2.11. The molecule has 1 saturated heterocycles. The number of likely N-dealkylation sites (tertiary alicyclic amines) is 1. The van der Waals surface area contributed by atoms with Crippen LogP contribution in [-0.4, -0.2) is 66.7 Å². The molecule has 2 amide bonds. The van der Waals surface area contributed by atoms with Gasteiger partial charge in [-0.3, -0.25) is 4.79 Å². The number of nitrogens with one attached hydrogen (secondary N) is 1. The summed E-state index contributed by atoms with van der Waals surface area (Å²) in [5.41, 5.74) is 0. The molecular weight excluding hydrogens is 246 g/mol. The minimum atomic E-state index is -0.761. The Balaban J connectivity index is 2.26. The number of hydrogen-bond acceptors (Lipinski definition) is 3. The van der Waals surface area contributed by atoms with Crippen LogP contribution < -0.4 is 5.32 Å². The molecule has 1 fully saturated rings. The number of rotatable bonds is 6. The summed E-state index contributed by atoms with van der Waals surface area (Å²) >= 11 is 0. The molecule has 1 aliphatic heterocycles. The number of carboxylic acid groups (broad SMARTS) is 1. The summed E-state index contributed by atoms with van der Waals surface area (Å²) in [5.74, 6) is -0.434. The summed E-state index contributed by atoms with van der Waals surface area (Å²) in [5, 5.41) is 11.6. The van der Waals surface area contributed by atoms with Crippen LogP contribution in [0.3, 0.4) is 0 Å². The molecule has 0 radical (unpaired) electrons. The van der Waals surface area contributed by atoms with E-state index in [4.69, 9.17) is 5.11 Å². The van der Waals surface area contributed by atoms with Crippen LogP contribution in [0.2, 0.25) is 0 Å². The Hall–Kier alpha value is -1.30. The molecule has 0 saturated carbocycles. The van der Waals surface area contributed by atoms with Crippen molar-refractivity contribution in [3.8, 4) is 0 Å². The van der Waals surface area contributed by atoms with Crippen molar-refractivity contribution in [3.63, 3.8) is 0 Å². The molecule has 0 aliphatic carbocycles. The van der Waals surface area contributed by atoms with Gasteiger partial charge in [0.15, 0.2) is 0 Å². The molecule has 6 nitrogen and oxygen atoms in total. The molecule has 0 spiro atoms. The normalized spacial score (nSPS) is 20.6. The summed E-state index contributed by atoms with van der Waals surface area (Å²) in [4.78, 5) is 26.3. The number of aliphatic carboxylic acids is 1. The zero-order chi connectivity index (χ0) is 14.4. The first-order valence-corrected chi connectivity index (χ1v) is 6.81. The lowest BCUT2D eigenvalue weighted by molar-refractivity contribution is -0.137. The predicted molar refractivity (Wildman–Crippen MR) is 73.1 cm³/mol. The quantitative estimate of drug-likeness (QED) is 0.750. The number of hydrogen-bond donors (Lipinski definition) is 2. The first kappa shape index (κ1) is 15.8. The van der Waals surface area contributed by atoms with Crippen molar-refractivity contribution < 1.29 is 14.7 Å². The molecule has 0 aromatic heterocycles. The van der Waals surface area contributed by atoms with E-state index in [0.29, 0.717) is 31.5 Å². The predicted octanol–water partition coefficient (Wildman–Crippen LogP) is 0.833. The summed E-state index contributed by atoms with van der Waals surface area (Å²) in [7, 11) is 3.96. The average molecular weight is 271 g/mol. The van der Waals surface area contributed by atoms with E-state index in [1.807, 2.05) is 14.1 Å². The highest BCUT2D eigenvalue weighted by atomic mass is 16.4. The lowest BCUT2D eigenvalue weighted by atomic mass is 10.0. The molecule has 6 heteroatoms. The number of carboxylic acids is 1. The van der Waals surface area contributed by atoms with Crippen LogP contribution in [0, 0.1) is 5.92 Å². The van der Waals surface area contributed by atoms with E-state index in [-0.39, 0.29) is 12.5 Å². The van der Waals surface area contributed by atoms with Gasteiger partial charge in [-0.2, -0.15) is 0 Å². The fraction of sp³-hybridized carbons (Fsp3) is 0.846. The molecule has 110 valence electrons. The summed E-state index contributed by atoms with van der Waals surface area (Å²) in [6.07, 6.45) is 1.76. The lowest BCUT2D eigenvalue weighted by Gasteiger charge is -2.23. The maximum absolute atomic E-state index is 11.9. The summed E-state index contributed by atoms with van der Waals surface area (Å²) in [6, 6.07) is 0.265. The molecule has 19 heavy (non-hydrogen) atoms. The molecule has 2 unspecified atom stereocenters. The second-order valence-corrected chi connectivity index (χ2v) is 5.53. The standard InChI is InChI=1S/C13H25N3O3/c1-10(15(2)3)8-14-13(19)16-7-6-11(9-16)4-5-12(17)18/h10-11H,4-9H2,1-3H3,(H,14,19)(H,17,18). The number of carbonyl (C=O) groups excluding carboxylic acids is 1. The molecule has 1 aliphatic rings. The minimum absolute atomic E-state index is 0.0356. The third-order valence-corrected chi connectivity index (χ3v) is 3.77. The first-order valence-electron chi connectivity index (χ1n) is 6.81. The Bertz CT molecular complexity index is 320. The molecule has 0 aromatic rings. The van der Waals surface area contributed by atoms with Gasteiger partial charge >= 0.3 is 12.0 Å². The van der Waals surface area contributed by atoms with Crippen molar-refractivity contribution in [2.75, 3.05) is 33.7 Å². The van der Waals surface area contributed by atoms with Crippen molar-refractivity contribution in [1.29, 1.82) is 0 Å². The van der Waals surface area contributed by atoms with Gasteiger partial charge in [0.2, 0.25) is 0 Å². The fourth-order valence-corrected chi connectivity index (χ4v) is 2.11. The topological polar surface area (TPSA) is 72.9 Å². The van der Waals surface area contributed by atoms with Crippen LogP contribution in [0.5, 0.6) is 0 Å². The Morgan fingerprint density at radius 2 is 2.16 bits per heavy atom. The third-order valence-electron chi connectivity index (χ3n) is 3.77. The Kier molecular flexibility index (Phi) is 6.08. The second kappa shape index (κ2) is 7.33. The van der Waals surface area contributed by atoms with E-state index in [1.165, 1.54) is 0 Å². The van der Waals surface area contributed by atoms with E-state index in [9.17, 15) is 9.59 Å². The van der Waals surface area contributed by atoms with E-state index in [2.05, 4.69) is 17.1 Å². The van der Waals surface area contributed by atoms with Gasteiger partial charge in [0.05, 0.1) is 0 Å². The first-order chi connectivity index (χ1) is 8.90. The van der Waals surface area contributed by atoms with E-state index >= 15 is 0 Å². The van der Waals surface area contributed by atoms with Gasteiger partial charge in [-0.1, -0.05) is 0 Å². The third kappa shape index (κ3) is 5.46. The van der Waals surface area contributed by atoms with Gasteiger partial charge in [0.25, 0.3) is 0 Å². The summed E-state index contributed by atoms with van der Waals surface area (Å²) in [6.45, 7) is 4.09. The van der Waals surface area contributed by atoms with Crippen molar-refractivity contribution in [3.05, 3.63) is 0 Å². The van der Waals surface area contributed by atoms with Gasteiger partial charge < -0.3 is 20.2 Å². The van der Waals surface area contributed by atoms with Gasteiger partial charge in [-0.25, -0.2) is 4.79 Å². The monoisotopic (exact) mass is 271 g/mol. The van der Waals surface area contributed by atoms with Gasteiger partial charge in [-0.05, 0) is 39.8 Å². The van der Waals surface area contributed by atoms with Crippen molar-refractivity contribution in [2.45, 2.75) is 32.2 Å². The zero-order valence-electron chi connectivity index (χ0n) is 12.1. The van der Waals surface area contributed by atoms with Crippen LogP contribution in [0.25, 0.3) is 0 Å². The average Bonchev–Trinajstić information content (AvgIpc) is 2.81. The molecule has 1 rings (SSSR count).